The molecule has 5 heteroatoms. The van der Waals surface area contributed by atoms with Gasteiger partial charge in [0.1, 0.15) is 5.82 Å². The van der Waals surface area contributed by atoms with E-state index in [0.717, 1.165) is 6.42 Å². The number of rotatable bonds is 7. The molecule has 0 atom stereocenters. The van der Waals surface area contributed by atoms with E-state index in [2.05, 4.69) is 15.6 Å². The molecule has 1 heterocycles. The smallest absolute Gasteiger partial charge is 0.252 e. The van der Waals surface area contributed by atoms with Crippen molar-refractivity contribution in [2.45, 2.75) is 13.0 Å². The molecule has 3 aromatic rings. The maximum atomic E-state index is 13.7. The zero-order valence-electron chi connectivity index (χ0n) is 14.3. The molecule has 1 amide bonds. The zero-order valence-corrected chi connectivity index (χ0v) is 14.3. The Bertz CT molecular complexity index is 868. The first kappa shape index (κ1) is 17.6. The van der Waals surface area contributed by atoms with Crippen LogP contribution < -0.4 is 10.6 Å². The quantitative estimate of drug-likeness (QED) is 0.682. The van der Waals surface area contributed by atoms with Crippen LogP contribution in [-0.4, -0.2) is 17.4 Å². The lowest BCUT2D eigenvalue weighted by atomic mass is 10.1. The molecular weight excluding hydrogens is 329 g/mol. The van der Waals surface area contributed by atoms with Crippen LogP contribution in [0.1, 0.15) is 21.5 Å². The van der Waals surface area contributed by atoms with Gasteiger partial charge in [0.2, 0.25) is 0 Å². The number of halogens is 1. The Morgan fingerprint density at radius 1 is 1.00 bits per heavy atom. The molecule has 0 fully saturated rings. The van der Waals surface area contributed by atoms with Gasteiger partial charge in [-0.3, -0.25) is 9.78 Å². The van der Waals surface area contributed by atoms with Gasteiger partial charge in [-0.15, -0.1) is 0 Å². The summed E-state index contributed by atoms with van der Waals surface area (Å²) in [5.41, 5.74) is 2.87. The number of hydrogen-bond donors (Lipinski definition) is 2. The van der Waals surface area contributed by atoms with Crippen molar-refractivity contribution in [2.24, 2.45) is 0 Å². The SMILES string of the molecule is O=C(NCCc1ccccc1)c1cncc(NCc2ccccc2F)c1. The number of nitrogens with one attached hydrogen (secondary N) is 2. The van der Waals surface area contributed by atoms with Crippen LogP contribution >= 0.6 is 0 Å². The first-order valence-electron chi connectivity index (χ1n) is 8.47. The maximum absolute atomic E-state index is 13.7. The molecule has 0 aliphatic carbocycles. The van der Waals surface area contributed by atoms with E-state index in [1.54, 1.807) is 30.5 Å². The van der Waals surface area contributed by atoms with Crippen molar-refractivity contribution in [3.63, 3.8) is 0 Å². The van der Waals surface area contributed by atoms with Crippen molar-refractivity contribution >= 4 is 11.6 Å². The van der Waals surface area contributed by atoms with Crippen LogP contribution in [-0.2, 0) is 13.0 Å². The molecule has 0 spiro atoms. The fraction of sp³-hybridized carbons (Fsp3) is 0.143. The van der Waals surface area contributed by atoms with Crippen molar-refractivity contribution in [1.82, 2.24) is 10.3 Å². The largest absolute Gasteiger partial charge is 0.380 e. The third-order valence-electron chi connectivity index (χ3n) is 3.98. The van der Waals surface area contributed by atoms with Crippen LogP contribution in [0.5, 0.6) is 0 Å². The van der Waals surface area contributed by atoms with Crippen LogP contribution in [0.2, 0.25) is 0 Å². The molecule has 2 aromatic carbocycles. The Hall–Kier alpha value is -3.21. The Kier molecular flexibility index (Phi) is 5.93. The van der Waals surface area contributed by atoms with Gasteiger partial charge >= 0.3 is 0 Å². The van der Waals surface area contributed by atoms with E-state index >= 15 is 0 Å². The van der Waals surface area contributed by atoms with Crippen molar-refractivity contribution in [3.8, 4) is 0 Å². The minimum absolute atomic E-state index is 0.178. The first-order valence-corrected chi connectivity index (χ1v) is 8.47. The van der Waals surface area contributed by atoms with Gasteiger partial charge in [-0.05, 0) is 24.1 Å². The van der Waals surface area contributed by atoms with E-state index in [4.69, 9.17) is 0 Å². The summed E-state index contributed by atoms with van der Waals surface area (Å²) in [6.45, 7) is 0.878. The zero-order chi connectivity index (χ0) is 18.2. The monoisotopic (exact) mass is 349 g/mol. The molecule has 26 heavy (non-hydrogen) atoms. The second-order valence-electron chi connectivity index (χ2n) is 5.90. The molecule has 4 nitrogen and oxygen atoms in total. The fourth-order valence-corrected chi connectivity index (χ4v) is 2.57. The predicted octanol–water partition coefficient (Wildman–Crippen LogP) is 3.81. The average molecular weight is 349 g/mol. The van der Waals surface area contributed by atoms with E-state index in [9.17, 15) is 9.18 Å². The first-order chi connectivity index (χ1) is 12.7. The topological polar surface area (TPSA) is 54.0 Å². The number of hydrogen-bond acceptors (Lipinski definition) is 3. The molecule has 132 valence electrons. The lowest BCUT2D eigenvalue weighted by molar-refractivity contribution is 0.0954. The highest BCUT2D eigenvalue weighted by molar-refractivity contribution is 5.94. The second kappa shape index (κ2) is 8.76. The van der Waals surface area contributed by atoms with E-state index in [0.29, 0.717) is 29.9 Å². The predicted molar refractivity (Wildman–Crippen MR) is 100 cm³/mol. The van der Waals surface area contributed by atoms with Crippen LogP contribution in [0.4, 0.5) is 10.1 Å². The third kappa shape index (κ3) is 4.89. The molecular formula is C21H20FN3O. The van der Waals surface area contributed by atoms with Crippen LogP contribution in [0.15, 0.2) is 73.1 Å². The summed E-state index contributed by atoms with van der Waals surface area (Å²) in [6.07, 6.45) is 3.90. The lowest BCUT2D eigenvalue weighted by Gasteiger charge is -2.09. The number of pyridine rings is 1. The normalized spacial score (nSPS) is 10.3. The van der Waals surface area contributed by atoms with Crippen LogP contribution in [0, 0.1) is 5.82 Å². The number of nitrogens with zero attached hydrogens (tertiary/aromatic N) is 1. The Morgan fingerprint density at radius 3 is 2.58 bits per heavy atom. The van der Waals surface area contributed by atoms with E-state index in [-0.39, 0.29) is 11.7 Å². The molecule has 0 bridgehead atoms. The van der Waals surface area contributed by atoms with Gasteiger partial charge in [0.25, 0.3) is 5.91 Å². The highest BCUT2D eigenvalue weighted by atomic mass is 19.1. The van der Waals surface area contributed by atoms with Crippen molar-refractivity contribution in [2.75, 3.05) is 11.9 Å². The summed E-state index contributed by atoms with van der Waals surface area (Å²) < 4.78 is 13.7. The number of aromatic nitrogens is 1. The molecule has 0 radical (unpaired) electrons. The van der Waals surface area contributed by atoms with E-state index in [1.807, 2.05) is 30.3 Å². The fourth-order valence-electron chi connectivity index (χ4n) is 2.57. The van der Waals surface area contributed by atoms with Crippen LogP contribution in [0.25, 0.3) is 0 Å². The van der Waals surface area contributed by atoms with Gasteiger partial charge in [-0.25, -0.2) is 4.39 Å². The molecule has 1 aromatic heterocycles. The highest BCUT2D eigenvalue weighted by Gasteiger charge is 2.07. The maximum Gasteiger partial charge on any atom is 0.252 e. The molecule has 3 rings (SSSR count). The number of amides is 1. The molecule has 0 unspecified atom stereocenters. The van der Waals surface area contributed by atoms with Gasteiger partial charge in [-0.2, -0.15) is 0 Å². The van der Waals surface area contributed by atoms with Gasteiger partial charge in [0, 0.05) is 31.0 Å². The van der Waals surface area contributed by atoms with Crippen molar-refractivity contribution < 1.29 is 9.18 Å². The lowest BCUT2D eigenvalue weighted by Crippen LogP contribution is -2.25. The minimum Gasteiger partial charge on any atom is -0.380 e. The number of anilines is 1. The summed E-state index contributed by atoms with van der Waals surface area (Å²) in [4.78, 5) is 16.4. The van der Waals surface area contributed by atoms with E-state index in [1.165, 1.54) is 17.8 Å². The summed E-state index contributed by atoms with van der Waals surface area (Å²) in [6, 6.07) is 18.3. The molecule has 2 N–H and O–H groups in total. The Balaban J connectivity index is 1.54. The average Bonchev–Trinajstić information content (AvgIpc) is 2.68. The minimum atomic E-state index is -0.261. The summed E-state index contributed by atoms with van der Waals surface area (Å²) >= 11 is 0. The molecule has 0 saturated carbocycles. The summed E-state index contributed by atoms with van der Waals surface area (Å²) in [5, 5.41) is 5.99. The third-order valence-corrected chi connectivity index (χ3v) is 3.98. The van der Waals surface area contributed by atoms with Gasteiger partial charge < -0.3 is 10.6 Å². The standard InChI is InChI=1S/C21H20FN3O/c22-20-9-5-4-8-17(20)14-25-19-12-18(13-23-15-19)21(26)24-11-10-16-6-2-1-3-7-16/h1-9,12-13,15,25H,10-11,14H2,(H,24,26). The molecule has 0 aliphatic rings. The highest BCUT2D eigenvalue weighted by Crippen LogP contribution is 2.12. The van der Waals surface area contributed by atoms with Crippen LogP contribution in [0.3, 0.4) is 0 Å². The number of carbonyl (C=O) groups is 1. The summed E-state index contributed by atoms with van der Waals surface area (Å²) in [7, 11) is 0. The Labute approximate surface area is 152 Å². The number of benzene rings is 2. The molecule has 0 saturated heterocycles. The molecule has 0 aliphatic heterocycles. The van der Waals surface area contributed by atoms with Crippen molar-refractivity contribution in [1.29, 1.82) is 0 Å². The van der Waals surface area contributed by atoms with Gasteiger partial charge in [-0.1, -0.05) is 48.5 Å². The van der Waals surface area contributed by atoms with E-state index < -0.39 is 0 Å². The Morgan fingerprint density at radius 2 is 1.77 bits per heavy atom. The van der Waals surface area contributed by atoms with Crippen molar-refractivity contribution in [3.05, 3.63) is 95.6 Å². The van der Waals surface area contributed by atoms with Gasteiger partial charge in [0.15, 0.2) is 0 Å². The van der Waals surface area contributed by atoms with Gasteiger partial charge in [0.05, 0.1) is 11.3 Å². The number of carbonyl (C=O) groups excluding carboxylic acids is 1. The second-order valence-corrected chi connectivity index (χ2v) is 5.90. The summed E-state index contributed by atoms with van der Waals surface area (Å²) in [5.74, 6) is -0.439.